The molecule has 0 bridgehead atoms. The van der Waals surface area contributed by atoms with Gasteiger partial charge in [-0.2, -0.15) is 0 Å². The summed E-state index contributed by atoms with van der Waals surface area (Å²) < 4.78 is 5.16. The molecule has 7 rings (SSSR count). The quantitative estimate of drug-likeness (QED) is 0.195. The Bertz CT molecular complexity index is 1850. The van der Waals surface area contributed by atoms with E-state index >= 15 is 0 Å². The van der Waals surface area contributed by atoms with Crippen LogP contribution in [0.3, 0.4) is 0 Å². The molecule has 0 N–H and O–H groups in total. The van der Waals surface area contributed by atoms with E-state index in [-0.39, 0.29) is 5.41 Å². The van der Waals surface area contributed by atoms with Crippen molar-refractivity contribution in [1.82, 2.24) is 14.4 Å². The Morgan fingerprint density at radius 2 is 1.69 bits per heavy atom. The molecule has 0 atom stereocenters. The second-order valence-electron chi connectivity index (χ2n) is 10.2. The molecular weight excluding hydrogens is 410 g/mol. The van der Waals surface area contributed by atoms with Crippen molar-refractivity contribution in [3.8, 4) is 0 Å². The van der Waals surface area contributed by atoms with Crippen LogP contribution in [-0.2, 0) is 6.42 Å². The Morgan fingerprint density at radius 1 is 0.875 bits per heavy atom. The highest BCUT2D eigenvalue weighted by molar-refractivity contribution is 7.25. The molecule has 0 aliphatic heterocycles. The summed E-state index contributed by atoms with van der Waals surface area (Å²) in [6, 6.07) is 17.8. The summed E-state index contributed by atoms with van der Waals surface area (Å²) in [7, 11) is 0. The minimum absolute atomic E-state index is 0.163. The van der Waals surface area contributed by atoms with Gasteiger partial charge in [0, 0.05) is 22.4 Å². The molecule has 0 saturated heterocycles. The Labute approximate surface area is 189 Å². The molecule has 4 heterocycles. The van der Waals surface area contributed by atoms with Crippen molar-refractivity contribution in [3.05, 3.63) is 66.0 Å². The fraction of sp³-hybridized carbons (Fsp3) is 0.214. The van der Waals surface area contributed by atoms with Crippen LogP contribution in [-0.4, -0.2) is 14.4 Å². The van der Waals surface area contributed by atoms with Gasteiger partial charge in [-0.05, 0) is 41.8 Å². The predicted molar refractivity (Wildman–Crippen MR) is 137 cm³/mol. The number of rotatable bonds is 1. The van der Waals surface area contributed by atoms with Crippen molar-refractivity contribution >= 4 is 69.9 Å². The maximum absolute atomic E-state index is 5.08. The van der Waals surface area contributed by atoms with Crippen molar-refractivity contribution in [2.75, 3.05) is 0 Å². The summed E-state index contributed by atoms with van der Waals surface area (Å²) in [6.45, 7) is 9.00. The molecule has 0 aliphatic carbocycles. The van der Waals surface area contributed by atoms with Gasteiger partial charge in [-0.1, -0.05) is 57.2 Å². The van der Waals surface area contributed by atoms with Crippen LogP contribution < -0.4 is 0 Å². The minimum atomic E-state index is 0.163. The molecule has 0 aliphatic rings. The third-order valence-electron chi connectivity index (χ3n) is 6.55. The van der Waals surface area contributed by atoms with Gasteiger partial charge in [0.2, 0.25) is 0 Å². The van der Waals surface area contributed by atoms with Crippen LogP contribution in [0.25, 0.3) is 58.5 Å². The van der Waals surface area contributed by atoms with Crippen molar-refractivity contribution in [3.63, 3.8) is 0 Å². The molecule has 0 amide bonds. The molecule has 0 unspecified atom stereocenters. The van der Waals surface area contributed by atoms with E-state index in [4.69, 9.17) is 9.97 Å². The van der Waals surface area contributed by atoms with Gasteiger partial charge in [0.1, 0.15) is 11.0 Å². The Kier molecular flexibility index (Phi) is 3.42. The first kappa shape index (κ1) is 18.3. The van der Waals surface area contributed by atoms with Gasteiger partial charge < -0.3 is 4.40 Å². The summed E-state index contributed by atoms with van der Waals surface area (Å²) in [5.74, 6) is 0. The van der Waals surface area contributed by atoms with E-state index < -0.39 is 0 Å². The van der Waals surface area contributed by atoms with E-state index in [1.807, 2.05) is 24.5 Å². The van der Waals surface area contributed by atoms with Crippen molar-refractivity contribution in [2.24, 2.45) is 5.41 Å². The molecule has 0 radical (unpaired) electrons. The van der Waals surface area contributed by atoms with Gasteiger partial charge in [-0.3, -0.25) is 4.98 Å². The average Bonchev–Trinajstić information content (AvgIpc) is 3.08. The molecule has 4 heteroatoms. The molecule has 0 spiro atoms. The zero-order chi connectivity index (χ0) is 21.8. The van der Waals surface area contributed by atoms with Crippen molar-refractivity contribution in [1.29, 1.82) is 0 Å². The van der Waals surface area contributed by atoms with Crippen molar-refractivity contribution < 1.29 is 0 Å². The largest absolute Gasteiger partial charge is 0.304 e. The molecule has 156 valence electrons. The smallest absolute Gasteiger partial charge is 0.114 e. The van der Waals surface area contributed by atoms with E-state index in [9.17, 15) is 0 Å². The summed E-state index contributed by atoms with van der Waals surface area (Å²) in [6.07, 6.45) is 2.90. The molecular formula is C28H23N3S. The Hall–Kier alpha value is -3.24. The number of pyridine rings is 1. The van der Waals surface area contributed by atoms with Crippen LogP contribution >= 0.6 is 11.3 Å². The van der Waals surface area contributed by atoms with E-state index in [2.05, 4.69) is 73.7 Å². The maximum atomic E-state index is 5.08. The number of nitrogens with zero attached hydrogens (tertiary/aromatic N) is 3. The monoisotopic (exact) mass is 433 g/mol. The fourth-order valence-electron chi connectivity index (χ4n) is 5.39. The number of benzene rings is 3. The lowest BCUT2D eigenvalue weighted by Crippen LogP contribution is -2.09. The molecule has 7 aromatic rings. The highest BCUT2D eigenvalue weighted by atomic mass is 32.1. The lowest BCUT2D eigenvalue weighted by Gasteiger charge is -2.19. The first-order valence-corrected chi connectivity index (χ1v) is 12.0. The molecule has 3 aromatic carbocycles. The number of hydrogen-bond acceptors (Lipinski definition) is 3. The van der Waals surface area contributed by atoms with E-state index in [1.165, 1.54) is 53.1 Å². The third kappa shape index (κ3) is 2.31. The van der Waals surface area contributed by atoms with Gasteiger partial charge in [0.05, 0.1) is 31.6 Å². The highest BCUT2D eigenvalue weighted by Gasteiger charge is 2.26. The lowest BCUT2D eigenvalue weighted by atomic mass is 9.87. The fourth-order valence-corrected chi connectivity index (χ4v) is 6.65. The van der Waals surface area contributed by atoms with Crippen LogP contribution in [0.1, 0.15) is 32.0 Å². The number of aryl methyl sites for hydroxylation is 1. The van der Waals surface area contributed by atoms with Crippen LogP contribution in [0.2, 0.25) is 0 Å². The topological polar surface area (TPSA) is 30.2 Å². The van der Waals surface area contributed by atoms with Gasteiger partial charge in [-0.15, -0.1) is 11.3 Å². The minimum Gasteiger partial charge on any atom is -0.304 e. The van der Waals surface area contributed by atoms with Crippen LogP contribution in [0, 0.1) is 12.3 Å². The number of fused-ring (bicyclic) bond motifs is 5. The van der Waals surface area contributed by atoms with Gasteiger partial charge in [0.15, 0.2) is 0 Å². The molecule has 3 nitrogen and oxygen atoms in total. The van der Waals surface area contributed by atoms with Crippen molar-refractivity contribution in [2.45, 2.75) is 34.1 Å². The first-order valence-electron chi connectivity index (χ1n) is 11.2. The highest BCUT2D eigenvalue weighted by Crippen LogP contribution is 2.46. The van der Waals surface area contributed by atoms with Gasteiger partial charge >= 0.3 is 0 Å². The normalized spacial score (nSPS) is 13.1. The zero-order valence-electron chi connectivity index (χ0n) is 18.7. The van der Waals surface area contributed by atoms with Gasteiger partial charge in [-0.25, -0.2) is 4.98 Å². The van der Waals surface area contributed by atoms with Crippen LogP contribution in [0.5, 0.6) is 0 Å². The summed E-state index contributed by atoms with van der Waals surface area (Å²) >= 11 is 1.90. The standard InChI is InChI=1S/C28H23N3S/c1-15-14-29-22-19-12-16-8-5-6-9-17(16)27-26(19)31-24-18(10-7-11-21(24)32-27)20(13-28(2,3)4)25(31)23(22)30-15/h5-12,14H,13H2,1-4H3. The number of para-hydroxylation sites is 1. The number of hydrogen-bond donors (Lipinski definition) is 0. The molecule has 0 saturated carbocycles. The molecule has 0 fully saturated rings. The number of aromatic nitrogens is 3. The SMILES string of the molecule is Cc1cnc2c3cc4ccccc4c4sc5cccc6c(CC(C)(C)C)c(c2n1)n(c56)c34. The van der Waals surface area contributed by atoms with E-state index in [0.29, 0.717) is 0 Å². The average molecular weight is 434 g/mol. The first-order chi connectivity index (χ1) is 15.4. The third-order valence-corrected chi connectivity index (χ3v) is 7.71. The van der Waals surface area contributed by atoms with Crippen LogP contribution in [0.15, 0.2) is 54.7 Å². The summed E-state index contributed by atoms with van der Waals surface area (Å²) in [4.78, 5) is 10.0. The predicted octanol–water partition coefficient (Wildman–Crippen LogP) is 7.89. The van der Waals surface area contributed by atoms with Crippen LogP contribution in [0.4, 0.5) is 0 Å². The van der Waals surface area contributed by atoms with E-state index in [0.717, 1.165) is 23.1 Å². The summed E-state index contributed by atoms with van der Waals surface area (Å²) in [5, 5.41) is 5.10. The van der Waals surface area contributed by atoms with Gasteiger partial charge in [0.25, 0.3) is 0 Å². The second-order valence-corrected chi connectivity index (χ2v) is 11.2. The van der Waals surface area contributed by atoms with E-state index in [1.54, 1.807) is 0 Å². The zero-order valence-corrected chi connectivity index (χ0v) is 19.5. The molecule has 4 aromatic heterocycles. The Balaban J connectivity index is 1.89. The summed E-state index contributed by atoms with van der Waals surface area (Å²) in [5.41, 5.74) is 8.37. The second kappa shape index (κ2) is 5.96. The maximum Gasteiger partial charge on any atom is 0.114 e. The molecule has 32 heavy (non-hydrogen) atoms. The lowest BCUT2D eigenvalue weighted by molar-refractivity contribution is 0.414. The Morgan fingerprint density at radius 3 is 2.53 bits per heavy atom.